The minimum Gasteiger partial charge on any atom is -0.377 e. The molecule has 0 aromatic heterocycles. The average molecular weight is 295 g/mol. The second-order valence-electron chi connectivity index (χ2n) is 7.28. The second kappa shape index (κ2) is 4.68. The van der Waals surface area contributed by atoms with Crippen molar-refractivity contribution in [3.8, 4) is 0 Å². The largest absolute Gasteiger partial charge is 0.377 e. The molecule has 2 saturated heterocycles. The molecule has 2 amide bonds. The van der Waals surface area contributed by atoms with Crippen molar-refractivity contribution in [3.05, 3.63) is 0 Å². The van der Waals surface area contributed by atoms with E-state index in [2.05, 4.69) is 5.32 Å². The third-order valence-corrected chi connectivity index (χ3v) is 5.74. The van der Waals surface area contributed by atoms with Crippen molar-refractivity contribution >= 4 is 11.8 Å². The summed E-state index contributed by atoms with van der Waals surface area (Å²) in [6.07, 6.45) is 2.31. The highest BCUT2D eigenvalue weighted by atomic mass is 16.5. The first-order valence-corrected chi connectivity index (χ1v) is 7.74. The van der Waals surface area contributed by atoms with E-state index in [9.17, 15) is 9.59 Å². The van der Waals surface area contributed by atoms with Gasteiger partial charge in [-0.3, -0.25) is 9.59 Å². The maximum Gasteiger partial charge on any atom is 0.241 e. The summed E-state index contributed by atoms with van der Waals surface area (Å²) < 4.78 is 5.82. The van der Waals surface area contributed by atoms with Crippen LogP contribution in [0.1, 0.15) is 33.1 Å². The van der Waals surface area contributed by atoms with E-state index in [0.717, 1.165) is 19.4 Å². The fraction of sp³-hybridized carbons (Fsp3) is 0.867. The molecule has 2 aliphatic heterocycles. The Balaban J connectivity index is 1.73. The van der Waals surface area contributed by atoms with Crippen molar-refractivity contribution in [1.29, 1.82) is 0 Å². The van der Waals surface area contributed by atoms with Crippen LogP contribution in [-0.2, 0) is 14.3 Å². The third-order valence-electron chi connectivity index (χ3n) is 5.74. The minimum absolute atomic E-state index is 0.0647. The summed E-state index contributed by atoms with van der Waals surface area (Å²) in [6.45, 7) is 5.33. The highest BCUT2D eigenvalue weighted by molar-refractivity contribution is 5.90. The number of nitrogens with two attached hydrogens (primary N) is 1. The third kappa shape index (κ3) is 1.92. The Kier molecular flexibility index (Phi) is 3.29. The van der Waals surface area contributed by atoms with E-state index < -0.39 is 5.54 Å². The van der Waals surface area contributed by atoms with Gasteiger partial charge in [-0.15, -0.1) is 0 Å². The molecule has 4 unspecified atom stereocenters. The molecule has 1 aliphatic carbocycles. The van der Waals surface area contributed by atoms with Crippen LogP contribution in [0.25, 0.3) is 0 Å². The molecule has 3 aliphatic rings. The lowest BCUT2D eigenvalue weighted by Gasteiger charge is -2.65. The predicted molar refractivity (Wildman–Crippen MR) is 77.3 cm³/mol. The number of nitrogens with zero attached hydrogens (tertiary/aromatic N) is 1. The van der Waals surface area contributed by atoms with Gasteiger partial charge in [0.05, 0.1) is 12.1 Å². The van der Waals surface area contributed by atoms with E-state index >= 15 is 0 Å². The van der Waals surface area contributed by atoms with E-state index in [1.54, 1.807) is 11.9 Å². The molecule has 0 radical (unpaired) electrons. The number of rotatable bonds is 2. The van der Waals surface area contributed by atoms with Gasteiger partial charge in [-0.25, -0.2) is 0 Å². The highest BCUT2D eigenvalue weighted by Crippen LogP contribution is 2.57. The molecule has 0 aromatic carbocycles. The van der Waals surface area contributed by atoms with Crippen LogP contribution < -0.4 is 11.1 Å². The number of nitrogens with one attached hydrogen (secondary N) is 1. The van der Waals surface area contributed by atoms with Crippen molar-refractivity contribution in [2.24, 2.45) is 17.1 Å². The van der Waals surface area contributed by atoms with Crippen LogP contribution in [0.15, 0.2) is 0 Å². The zero-order valence-electron chi connectivity index (χ0n) is 13.0. The van der Waals surface area contributed by atoms with Gasteiger partial charge in [0.1, 0.15) is 5.54 Å². The highest BCUT2D eigenvalue weighted by Gasteiger charge is 2.70. The van der Waals surface area contributed by atoms with Gasteiger partial charge in [-0.05, 0) is 12.8 Å². The van der Waals surface area contributed by atoms with Gasteiger partial charge in [0.15, 0.2) is 0 Å². The van der Waals surface area contributed by atoms with E-state index in [1.807, 2.05) is 13.8 Å². The minimum atomic E-state index is -0.901. The molecule has 2 heterocycles. The Morgan fingerprint density at radius 2 is 2.19 bits per heavy atom. The van der Waals surface area contributed by atoms with Gasteiger partial charge in [0, 0.05) is 38.0 Å². The summed E-state index contributed by atoms with van der Waals surface area (Å²) in [7, 11) is 1.75. The lowest BCUT2D eigenvalue weighted by atomic mass is 9.46. The van der Waals surface area contributed by atoms with Gasteiger partial charge in [-0.1, -0.05) is 13.8 Å². The normalized spacial score (nSPS) is 41.4. The van der Waals surface area contributed by atoms with Gasteiger partial charge in [0.2, 0.25) is 11.8 Å². The Morgan fingerprint density at radius 3 is 2.81 bits per heavy atom. The van der Waals surface area contributed by atoms with Gasteiger partial charge in [-0.2, -0.15) is 0 Å². The summed E-state index contributed by atoms with van der Waals surface area (Å²) in [5.74, 6) is 0.0153. The quantitative estimate of drug-likeness (QED) is 0.743. The van der Waals surface area contributed by atoms with Crippen LogP contribution in [0.3, 0.4) is 0 Å². The van der Waals surface area contributed by atoms with Crippen LogP contribution in [0.5, 0.6) is 0 Å². The summed E-state index contributed by atoms with van der Waals surface area (Å²) in [5, 5.41) is 2.99. The summed E-state index contributed by atoms with van der Waals surface area (Å²) in [4.78, 5) is 26.0. The van der Waals surface area contributed by atoms with Crippen molar-refractivity contribution in [3.63, 3.8) is 0 Å². The number of carbonyl (C=O) groups excluding carboxylic acids is 2. The van der Waals surface area contributed by atoms with Crippen LogP contribution in [0.4, 0.5) is 0 Å². The molecule has 0 bridgehead atoms. The van der Waals surface area contributed by atoms with E-state index in [4.69, 9.17) is 10.5 Å². The topological polar surface area (TPSA) is 84.7 Å². The van der Waals surface area contributed by atoms with Crippen molar-refractivity contribution in [2.75, 3.05) is 20.2 Å². The zero-order valence-corrected chi connectivity index (χ0v) is 13.0. The number of ether oxygens (including phenoxy) is 1. The van der Waals surface area contributed by atoms with Crippen LogP contribution >= 0.6 is 0 Å². The van der Waals surface area contributed by atoms with E-state index in [1.165, 1.54) is 0 Å². The lowest BCUT2D eigenvalue weighted by Crippen LogP contribution is -2.82. The fourth-order valence-electron chi connectivity index (χ4n) is 4.30. The molecule has 0 aromatic rings. The van der Waals surface area contributed by atoms with Gasteiger partial charge >= 0.3 is 0 Å². The average Bonchev–Trinajstić information content (AvgIpc) is 2.76. The van der Waals surface area contributed by atoms with Gasteiger partial charge < -0.3 is 20.7 Å². The number of likely N-dealkylation sites (tertiary alicyclic amines) is 1. The number of fused-ring (bicyclic) bond motifs is 1. The molecule has 6 nitrogen and oxygen atoms in total. The smallest absolute Gasteiger partial charge is 0.241 e. The monoisotopic (exact) mass is 295 g/mol. The molecule has 1 saturated carbocycles. The van der Waals surface area contributed by atoms with Crippen LogP contribution in [-0.4, -0.2) is 54.6 Å². The molecular weight excluding hydrogens is 270 g/mol. The second-order valence-corrected chi connectivity index (χ2v) is 7.28. The summed E-state index contributed by atoms with van der Waals surface area (Å²) in [5.41, 5.74) is 5.26. The molecule has 3 fully saturated rings. The van der Waals surface area contributed by atoms with Crippen molar-refractivity contribution in [2.45, 2.75) is 50.8 Å². The van der Waals surface area contributed by atoms with Crippen LogP contribution in [0.2, 0.25) is 0 Å². The molecule has 3 rings (SSSR count). The maximum atomic E-state index is 12.8. The van der Waals surface area contributed by atoms with Gasteiger partial charge in [0.25, 0.3) is 0 Å². The van der Waals surface area contributed by atoms with Crippen LogP contribution in [0, 0.1) is 11.3 Å². The molecular formula is C15H25N3O3. The Labute approximate surface area is 125 Å². The number of carbonyl (C=O) groups is 2. The first-order chi connectivity index (χ1) is 9.78. The first kappa shape index (κ1) is 14.8. The van der Waals surface area contributed by atoms with E-state index in [-0.39, 0.29) is 35.3 Å². The molecule has 6 heteroatoms. The number of hydrogen-bond donors (Lipinski definition) is 2. The van der Waals surface area contributed by atoms with Crippen molar-refractivity contribution < 1.29 is 14.3 Å². The molecule has 0 spiro atoms. The van der Waals surface area contributed by atoms with E-state index in [0.29, 0.717) is 13.0 Å². The Morgan fingerprint density at radius 1 is 1.48 bits per heavy atom. The fourth-order valence-corrected chi connectivity index (χ4v) is 4.30. The molecule has 21 heavy (non-hydrogen) atoms. The van der Waals surface area contributed by atoms with Crippen molar-refractivity contribution in [1.82, 2.24) is 10.2 Å². The Bertz CT molecular complexity index is 479. The molecule has 3 N–H and O–H groups in total. The SMILES string of the molecule is CN1CC(NC(=O)C2(N)C3CCCOC3C2(C)C)CC1=O. The predicted octanol–water partition coefficient (Wildman–Crippen LogP) is -0.134. The molecule has 4 atom stereocenters. The summed E-state index contributed by atoms with van der Waals surface area (Å²) in [6, 6.07) is -0.130. The number of hydrogen-bond acceptors (Lipinski definition) is 4. The Hall–Kier alpha value is -1.14. The zero-order chi connectivity index (χ0) is 15.4. The maximum absolute atomic E-state index is 12.8. The first-order valence-electron chi connectivity index (χ1n) is 7.74. The standard InChI is InChI=1S/C15H25N3O3/c1-14(2)12-10(5-4-6-21-12)15(14,16)13(20)17-9-7-11(19)18(3)8-9/h9-10,12H,4-8,16H2,1-3H3,(H,17,20). The molecule has 118 valence electrons. The lowest BCUT2D eigenvalue weighted by molar-refractivity contribution is -0.225. The summed E-state index contributed by atoms with van der Waals surface area (Å²) >= 11 is 0. The number of amides is 2. The number of likely N-dealkylation sites (N-methyl/N-ethyl adjacent to an activating group) is 1.